The fraction of sp³-hybridized carbons (Fsp3) is 0.333. The van der Waals surface area contributed by atoms with Gasteiger partial charge in [0.25, 0.3) is 0 Å². The lowest BCUT2D eigenvalue weighted by atomic mass is 10.1. The summed E-state index contributed by atoms with van der Waals surface area (Å²) >= 11 is 7.89. The minimum atomic E-state index is -0.0956. The fourth-order valence-electron chi connectivity index (χ4n) is 2.54. The lowest BCUT2D eigenvalue weighted by molar-refractivity contribution is 0.414. The second-order valence-electron chi connectivity index (χ2n) is 4.82. The number of benzene rings is 1. The van der Waals surface area contributed by atoms with Gasteiger partial charge in [-0.3, -0.25) is 0 Å². The van der Waals surface area contributed by atoms with Crippen molar-refractivity contribution in [2.24, 2.45) is 5.73 Å². The van der Waals surface area contributed by atoms with Gasteiger partial charge in [-0.1, -0.05) is 17.7 Å². The zero-order valence-corrected chi connectivity index (χ0v) is 12.4. The molecule has 2 N–H and O–H groups in total. The van der Waals surface area contributed by atoms with Crippen molar-refractivity contribution in [3.05, 3.63) is 50.2 Å². The molecule has 0 amide bonds. The summed E-state index contributed by atoms with van der Waals surface area (Å²) in [5.74, 6) is 0.679. The fourth-order valence-corrected chi connectivity index (χ4v) is 4.02. The zero-order valence-electron chi connectivity index (χ0n) is 10.8. The molecule has 1 unspecified atom stereocenters. The SMILES string of the molecule is COc1cc(C(N)c2cc3c(s2)CCC3)ccc1Cl. The van der Waals surface area contributed by atoms with Gasteiger partial charge in [-0.25, -0.2) is 0 Å². The van der Waals surface area contributed by atoms with Gasteiger partial charge in [0.2, 0.25) is 0 Å². The van der Waals surface area contributed by atoms with E-state index in [-0.39, 0.29) is 6.04 Å². The molecule has 1 heterocycles. The van der Waals surface area contributed by atoms with Crippen LogP contribution in [0.4, 0.5) is 0 Å². The van der Waals surface area contributed by atoms with Crippen LogP contribution in [0.2, 0.25) is 5.02 Å². The van der Waals surface area contributed by atoms with Gasteiger partial charge in [-0.05, 0) is 48.6 Å². The Kier molecular flexibility index (Phi) is 3.52. The Bertz CT molecular complexity index is 587. The number of thiophene rings is 1. The van der Waals surface area contributed by atoms with E-state index < -0.39 is 0 Å². The van der Waals surface area contributed by atoms with Gasteiger partial charge in [0, 0.05) is 9.75 Å². The van der Waals surface area contributed by atoms with Gasteiger partial charge in [-0.2, -0.15) is 0 Å². The smallest absolute Gasteiger partial charge is 0.137 e. The van der Waals surface area contributed by atoms with Crippen LogP contribution in [0.1, 0.15) is 33.3 Å². The van der Waals surface area contributed by atoms with Crippen LogP contribution in [0.15, 0.2) is 24.3 Å². The Morgan fingerprint density at radius 1 is 1.32 bits per heavy atom. The maximum atomic E-state index is 6.36. The highest BCUT2D eigenvalue weighted by Crippen LogP contribution is 2.36. The second-order valence-corrected chi connectivity index (χ2v) is 6.40. The van der Waals surface area contributed by atoms with E-state index in [2.05, 4.69) is 6.07 Å². The molecule has 0 radical (unpaired) electrons. The lowest BCUT2D eigenvalue weighted by Gasteiger charge is -2.12. The van der Waals surface area contributed by atoms with Crippen LogP contribution in [0, 0.1) is 0 Å². The molecule has 3 rings (SSSR count). The number of fused-ring (bicyclic) bond motifs is 1. The molecule has 1 atom stereocenters. The summed E-state index contributed by atoms with van der Waals surface area (Å²) in [6, 6.07) is 7.91. The van der Waals surface area contributed by atoms with E-state index in [1.807, 2.05) is 29.5 Å². The second kappa shape index (κ2) is 5.16. The van der Waals surface area contributed by atoms with Crippen molar-refractivity contribution in [2.45, 2.75) is 25.3 Å². The molecule has 1 aromatic carbocycles. The van der Waals surface area contributed by atoms with Gasteiger partial charge in [0.15, 0.2) is 0 Å². The first-order valence-corrected chi connectivity index (χ1v) is 7.59. The van der Waals surface area contributed by atoms with E-state index in [1.165, 1.54) is 34.6 Å². The van der Waals surface area contributed by atoms with E-state index in [0.29, 0.717) is 10.8 Å². The first-order valence-electron chi connectivity index (χ1n) is 6.39. The van der Waals surface area contributed by atoms with Gasteiger partial charge in [-0.15, -0.1) is 11.3 Å². The van der Waals surface area contributed by atoms with Crippen LogP contribution in [-0.4, -0.2) is 7.11 Å². The molecular formula is C15H16ClNOS. The highest BCUT2D eigenvalue weighted by Gasteiger charge is 2.19. The number of rotatable bonds is 3. The van der Waals surface area contributed by atoms with E-state index in [9.17, 15) is 0 Å². The van der Waals surface area contributed by atoms with Gasteiger partial charge in [0.05, 0.1) is 18.2 Å². The lowest BCUT2D eigenvalue weighted by Crippen LogP contribution is -2.10. The molecule has 0 aliphatic heterocycles. The molecular weight excluding hydrogens is 278 g/mol. The minimum Gasteiger partial charge on any atom is -0.495 e. The zero-order chi connectivity index (χ0) is 13.4. The van der Waals surface area contributed by atoms with Crippen LogP contribution in [0.3, 0.4) is 0 Å². The largest absolute Gasteiger partial charge is 0.495 e. The maximum Gasteiger partial charge on any atom is 0.137 e. The van der Waals surface area contributed by atoms with Crippen LogP contribution < -0.4 is 10.5 Å². The number of hydrogen-bond donors (Lipinski definition) is 1. The van der Waals surface area contributed by atoms with E-state index in [0.717, 1.165) is 5.56 Å². The number of hydrogen-bond acceptors (Lipinski definition) is 3. The van der Waals surface area contributed by atoms with Crippen molar-refractivity contribution in [1.29, 1.82) is 0 Å². The van der Waals surface area contributed by atoms with E-state index in [1.54, 1.807) is 7.11 Å². The predicted octanol–water partition coefficient (Wildman–Crippen LogP) is 3.95. The van der Waals surface area contributed by atoms with Crippen LogP contribution in [0.5, 0.6) is 5.75 Å². The summed E-state index contributed by atoms with van der Waals surface area (Å²) in [7, 11) is 1.62. The Labute approximate surface area is 122 Å². The maximum absolute atomic E-state index is 6.36. The Balaban J connectivity index is 1.92. The summed E-state index contributed by atoms with van der Waals surface area (Å²) < 4.78 is 5.25. The Morgan fingerprint density at radius 3 is 2.89 bits per heavy atom. The van der Waals surface area contributed by atoms with Crippen molar-refractivity contribution in [1.82, 2.24) is 0 Å². The van der Waals surface area contributed by atoms with Crippen molar-refractivity contribution >= 4 is 22.9 Å². The van der Waals surface area contributed by atoms with Crippen molar-refractivity contribution in [3.8, 4) is 5.75 Å². The molecule has 2 nitrogen and oxygen atoms in total. The molecule has 0 saturated carbocycles. The van der Waals surface area contributed by atoms with E-state index >= 15 is 0 Å². The van der Waals surface area contributed by atoms with Crippen molar-refractivity contribution in [3.63, 3.8) is 0 Å². The third kappa shape index (κ3) is 2.38. The molecule has 4 heteroatoms. The van der Waals surface area contributed by atoms with E-state index in [4.69, 9.17) is 22.1 Å². The molecule has 0 bridgehead atoms. The third-order valence-electron chi connectivity index (χ3n) is 3.61. The first kappa shape index (κ1) is 13.0. The molecule has 1 aliphatic carbocycles. The van der Waals surface area contributed by atoms with Crippen LogP contribution in [-0.2, 0) is 12.8 Å². The number of halogens is 1. The summed E-state index contributed by atoms with van der Waals surface area (Å²) in [4.78, 5) is 2.74. The topological polar surface area (TPSA) is 35.2 Å². The van der Waals surface area contributed by atoms with Crippen molar-refractivity contribution < 1.29 is 4.74 Å². The molecule has 19 heavy (non-hydrogen) atoms. The number of methoxy groups -OCH3 is 1. The third-order valence-corrected chi connectivity index (χ3v) is 5.24. The standard InChI is InChI=1S/C15H16ClNOS/c1-18-12-7-10(5-6-11(12)16)15(17)14-8-9-3-2-4-13(9)19-14/h5-8,15H,2-4,17H2,1H3. The van der Waals surface area contributed by atoms with Crippen LogP contribution >= 0.6 is 22.9 Å². The van der Waals surface area contributed by atoms with Crippen LogP contribution in [0.25, 0.3) is 0 Å². The quantitative estimate of drug-likeness (QED) is 0.930. The predicted molar refractivity (Wildman–Crippen MR) is 80.4 cm³/mol. The van der Waals surface area contributed by atoms with Gasteiger partial charge >= 0.3 is 0 Å². The molecule has 2 aromatic rings. The van der Waals surface area contributed by atoms with Crippen molar-refractivity contribution in [2.75, 3.05) is 7.11 Å². The number of aryl methyl sites for hydroxylation is 2. The first-order chi connectivity index (χ1) is 9.19. The van der Waals surface area contributed by atoms with Gasteiger partial charge in [0.1, 0.15) is 5.75 Å². The summed E-state index contributed by atoms with van der Waals surface area (Å²) in [5.41, 5.74) is 8.89. The molecule has 0 fully saturated rings. The Morgan fingerprint density at radius 2 is 2.16 bits per heavy atom. The average molecular weight is 294 g/mol. The highest BCUT2D eigenvalue weighted by atomic mass is 35.5. The number of nitrogens with two attached hydrogens (primary N) is 1. The normalized spacial score (nSPS) is 15.3. The molecule has 100 valence electrons. The monoisotopic (exact) mass is 293 g/mol. The van der Waals surface area contributed by atoms with Gasteiger partial charge < -0.3 is 10.5 Å². The summed E-state index contributed by atoms with van der Waals surface area (Å²) in [6.45, 7) is 0. The minimum absolute atomic E-state index is 0.0956. The highest BCUT2D eigenvalue weighted by molar-refractivity contribution is 7.12. The molecule has 1 aliphatic rings. The molecule has 0 saturated heterocycles. The summed E-state index contributed by atoms with van der Waals surface area (Å²) in [5, 5.41) is 0.618. The summed E-state index contributed by atoms with van der Waals surface area (Å²) in [6.07, 6.45) is 3.69. The molecule has 1 aromatic heterocycles. The molecule has 0 spiro atoms. The number of ether oxygens (including phenoxy) is 1. The Hall–Kier alpha value is -1.03. The average Bonchev–Trinajstić information content (AvgIpc) is 2.99.